The highest BCUT2D eigenvalue weighted by molar-refractivity contribution is 7.92. The van der Waals surface area contributed by atoms with Crippen molar-refractivity contribution in [3.8, 4) is 6.07 Å². The maximum atomic E-state index is 12.5. The number of aryl methyl sites for hydroxylation is 1. The molecule has 130 valence electrons. The van der Waals surface area contributed by atoms with Crippen molar-refractivity contribution in [2.75, 3.05) is 10.0 Å². The molecule has 7 heteroatoms. The lowest BCUT2D eigenvalue weighted by atomic mass is 10.2. The van der Waals surface area contributed by atoms with E-state index in [-0.39, 0.29) is 4.90 Å². The minimum atomic E-state index is -3.67. The molecule has 0 bridgehead atoms. The minimum Gasteiger partial charge on any atom is -0.340 e. The number of hydrogen-bond acceptors (Lipinski definition) is 5. The molecule has 0 aliphatic heterocycles. The summed E-state index contributed by atoms with van der Waals surface area (Å²) in [4.78, 5) is 4.44. The predicted molar refractivity (Wildman–Crippen MR) is 101 cm³/mol. The quantitative estimate of drug-likeness (QED) is 0.718. The molecule has 26 heavy (non-hydrogen) atoms. The molecular weight excluding hydrogens is 348 g/mol. The van der Waals surface area contributed by atoms with Crippen LogP contribution in [0.25, 0.3) is 0 Å². The molecule has 3 aromatic rings. The number of pyridine rings is 1. The van der Waals surface area contributed by atoms with Gasteiger partial charge in [0.1, 0.15) is 5.82 Å². The van der Waals surface area contributed by atoms with Gasteiger partial charge in [-0.1, -0.05) is 24.3 Å². The molecule has 2 N–H and O–H groups in total. The molecule has 0 aliphatic rings. The van der Waals surface area contributed by atoms with Gasteiger partial charge in [0.05, 0.1) is 28.4 Å². The van der Waals surface area contributed by atoms with Crippen molar-refractivity contribution in [2.45, 2.75) is 11.8 Å². The molecule has 0 amide bonds. The van der Waals surface area contributed by atoms with Crippen LogP contribution in [0.4, 0.5) is 17.2 Å². The number of nitrogens with zero attached hydrogens (tertiary/aromatic N) is 2. The predicted octanol–water partition coefficient (Wildman–Crippen LogP) is 3.81. The second kappa shape index (κ2) is 7.25. The summed E-state index contributed by atoms with van der Waals surface area (Å²) in [5.41, 5.74) is 2.30. The standard InChI is InChI=1S/C19H16N4O2S/c1-14-5-2-3-8-18(14)26(24,25)23-17-9-10-19(21-13-17)22-16-7-4-6-15(11-16)12-20/h2-11,13,23H,1H3,(H,21,22). The fourth-order valence-electron chi connectivity index (χ4n) is 2.41. The van der Waals surface area contributed by atoms with E-state index in [0.717, 1.165) is 5.69 Å². The van der Waals surface area contributed by atoms with E-state index in [9.17, 15) is 8.42 Å². The third kappa shape index (κ3) is 3.99. The van der Waals surface area contributed by atoms with Gasteiger partial charge in [-0.3, -0.25) is 4.72 Å². The zero-order valence-corrected chi connectivity index (χ0v) is 14.8. The van der Waals surface area contributed by atoms with Crippen LogP contribution in [0.3, 0.4) is 0 Å². The second-order valence-corrected chi connectivity index (χ2v) is 7.27. The van der Waals surface area contributed by atoms with Gasteiger partial charge in [0.15, 0.2) is 0 Å². The maximum Gasteiger partial charge on any atom is 0.262 e. The van der Waals surface area contributed by atoms with Crippen LogP contribution in [0.5, 0.6) is 0 Å². The average molecular weight is 364 g/mol. The number of nitriles is 1. The van der Waals surface area contributed by atoms with Crippen molar-refractivity contribution < 1.29 is 8.42 Å². The summed E-state index contributed by atoms with van der Waals surface area (Å²) in [6.07, 6.45) is 1.44. The van der Waals surface area contributed by atoms with Crippen LogP contribution in [-0.4, -0.2) is 13.4 Å². The monoisotopic (exact) mass is 364 g/mol. The largest absolute Gasteiger partial charge is 0.340 e. The summed E-state index contributed by atoms with van der Waals surface area (Å²) in [6.45, 7) is 1.75. The lowest BCUT2D eigenvalue weighted by molar-refractivity contribution is 0.600. The Labute approximate surface area is 152 Å². The number of rotatable bonds is 5. The summed E-state index contributed by atoms with van der Waals surface area (Å²) in [5, 5.41) is 12.0. The molecule has 0 saturated heterocycles. The van der Waals surface area contributed by atoms with Gasteiger partial charge in [0.25, 0.3) is 10.0 Å². The maximum absolute atomic E-state index is 12.5. The third-order valence-corrected chi connectivity index (χ3v) is 5.20. The van der Waals surface area contributed by atoms with E-state index in [1.54, 1.807) is 61.5 Å². The van der Waals surface area contributed by atoms with Gasteiger partial charge in [-0.25, -0.2) is 13.4 Å². The lowest BCUT2D eigenvalue weighted by Crippen LogP contribution is -2.14. The fourth-order valence-corrected chi connectivity index (χ4v) is 3.70. The van der Waals surface area contributed by atoms with Crippen LogP contribution in [0.2, 0.25) is 0 Å². The molecule has 0 aliphatic carbocycles. The first-order valence-corrected chi connectivity index (χ1v) is 9.28. The molecular formula is C19H16N4O2S. The molecule has 0 spiro atoms. The van der Waals surface area contributed by atoms with Gasteiger partial charge in [0.2, 0.25) is 0 Å². The average Bonchev–Trinajstić information content (AvgIpc) is 2.63. The summed E-state index contributed by atoms with van der Waals surface area (Å²) in [6, 6.07) is 19.1. The normalized spacial score (nSPS) is 10.8. The number of aromatic nitrogens is 1. The Morgan fingerprint density at radius 3 is 2.50 bits per heavy atom. The van der Waals surface area contributed by atoms with Gasteiger partial charge in [-0.05, 0) is 48.9 Å². The van der Waals surface area contributed by atoms with Crippen LogP contribution in [-0.2, 0) is 10.0 Å². The Hall–Kier alpha value is -3.37. The first-order chi connectivity index (χ1) is 12.5. The van der Waals surface area contributed by atoms with Crippen LogP contribution in [0, 0.1) is 18.3 Å². The highest BCUT2D eigenvalue weighted by atomic mass is 32.2. The SMILES string of the molecule is Cc1ccccc1S(=O)(=O)Nc1ccc(Nc2cccc(C#N)c2)nc1. The van der Waals surface area contributed by atoms with Crippen molar-refractivity contribution in [3.63, 3.8) is 0 Å². The summed E-state index contributed by atoms with van der Waals surface area (Å²) in [5.74, 6) is 0.541. The van der Waals surface area contributed by atoms with E-state index in [0.29, 0.717) is 22.6 Å². The first-order valence-electron chi connectivity index (χ1n) is 7.80. The Bertz CT molecular complexity index is 1070. The van der Waals surface area contributed by atoms with E-state index in [1.807, 2.05) is 6.07 Å². The van der Waals surface area contributed by atoms with Crippen molar-refractivity contribution in [1.29, 1.82) is 5.26 Å². The Morgan fingerprint density at radius 2 is 1.81 bits per heavy atom. The molecule has 6 nitrogen and oxygen atoms in total. The van der Waals surface area contributed by atoms with E-state index >= 15 is 0 Å². The Balaban J connectivity index is 1.76. The second-order valence-electron chi connectivity index (χ2n) is 5.62. The van der Waals surface area contributed by atoms with Crippen molar-refractivity contribution >= 4 is 27.2 Å². The van der Waals surface area contributed by atoms with Crippen LogP contribution >= 0.6 is 0 Å². The molecule has 1 heterocycles. The van der Waals surface area contributed by atoms with Crippen molar-refractivity contribution in [2.24, 2.45) is 0 Å². The number of nitrogens with one attached hydrogen (secondary N) is 2. The molecule has 3 rings (SSSR count). The summed E-state index contributed by atoms with van der Waals surface area (Å²) < 4.78 is 27.5. The van der Waals surface area contributed by atoms with Gasteiger partial charge >= 0.3 is 0 Å². The van der Waals surface area contributed by atoms with E-state index in [4.69, 9.17) is 5.26 Å². The first kappa shape index (κ1) is 17.5. The zero-order valence-electron chi connectivity index (χ0n) is 14.0. The van der Waals surface area contributed by atoms with Gasteiger partial charge in [-0.2, -0.15) is 5.26 Å². The Kier molecular flexibility index (Phi) is 4.87. The number of sulfonamides is 1. The van der Waals surface area contributed by atoms with E-state index in [1.165, 1.54) is 6.20 Å². The molecule has 0 fully saturated rings. The van der Waals surface area contributed by atoms with Crippen LogP contribution < -0.4 is 10.0 Å². The lowest BCUT2D eigenvalue weighted by Gasteiger charge is -2.11. The van der Waals surface area contributed by atoms with E-state index < -0.39 is 10.0 Å². The van der Waals surface area contributed by atoms with Crippen LogP contribution in [0.15, 0.2) is 71.8 Å². The van der Waals surface area contributed by atoms with Crippen molar-refractivity contribution in [3.05, 3.63) is 78.0 Å². The molecule has 0 saturated carbocycles. The van der Waals surface area contributed by atoms with Crippen LogP contribution in [0.1, 0.15) is 11.1 Å². The smallest absolute Gasteiger partial charge is 0.262 e. The molecule has 2 aromatic carbocycles. The molecule has 0 unspecified atom stereocenters. The highest BCUT2D eigenvalue weighted by Crippen LogP contribution is 2.21. The zero-order chi connectivity index (χ0) is 18.6. The molecule has 0 radical (unpaired) electrons. The van der Waals surface area contributed by atoms with Gasteiger partial charge < -0.3 is 5.32 Å². The fraction of sp³-hybridized carbons (Fsp3) is 0.0526. The number of anilines is 3. The summed E-state index contributed by atoms with van der Waals surface area (Å²) in [7, 11) is -3.67. The third-order valence-electron chi connectivity index (χ3n) is 3.66. The summed E-state index contributed by atoms with van der Waals surface area (Å²) >= 11 is 0. The molecule has 1 aromatic heterocycles. The van der Waals surface area contributed by atoms with Gasteiger partial charge in [-0.15, -0.1) is 0 Å². The van der Waals surface area contributed by atoms with E-state index in [2.05, 4.69) is 21.1 Å². The highest BCUT2D eigenvalue weighted by Gasteiger charge is 2.16. The van der Waals surface area contributed by atoms with Gasteiger partial charge in [0, 0.05) is 5.69 Å². The number of benzene rings is 2. The Morgan fingerprint density at radius 1 is 1.00 bits per heavy atom. The molecule has 0 atom stereocenters. The van der Waals surface area contributed by atoms with Crippen molar-refractivity contribution in [1.82, 2.24) is 4.98 Å². The topological polar surface area (TPSA) is 94.9 Å². The minimum absolute atomic E-state index is 0.232. The number of hydrogen-bond donors (Lipinski definition) is 2.